The van der Waals surface area contributed by atoms with E-state index in [2.05, 4.69) is 5.10 Å². The average Bonchev–Trinajstić information content (AvgIpc) is 2.73. The van der Waals surface area contributed by atoms with E-state index >= 15 is 0 Å². The van der Waals surface area contributed by atoms with Crippen LogP contribution < -0.4 is 0 Å². The summed E-state index contributed by atoms with van der Waals surface area (Å²) in [7, 11) is -0.412. The molecule has 0 unspecified atom stereocenters. The van der Waals surface area contributed by atoms with Gasteiger partial charge < -0.3 is 0 Å². The number of aryl methyl sites for hydroxylation is 1. The molecule has 2 rings (SSSR count). The normalized spacial score (nSPS) is 12.1. The van der Waals surface area contributed by atoms with Gasteiger partial charge in [-0.25, -0.2) is 8.42 Å². The van der Waals surface area contributed by atoms with Gasteiger partial charge in [0.05, 0.1) is 16.2 Å². The second-order valence-electron chi connectivity index (χ2n) is 4.69. The molecule has 0 atom stereocenters. The molecule has 0 aliphatic carbocycles. The Labute approximate surface area is 134 Å². The lowest BCUT2D eigenvalue weighted by molar-refractivity contribution is 0.465. The van der Waals surface area contributed by atoms with Gasteiger partial charge in [0, 0.05) is 31.9 Å². The van der Waals surface area contributed by atoms with Crippen LogP contribution >= 0.6 is 23.2 Å². The lowest BCUT2D eigenvalue weighted by atomic mass is 10.3. The molecule has 2 aromatic rings. The van der Waals surface area contributed by atoms with E-state index in [-0.39, 0.29) is 21.5 Å². The van der Waals surface area contributed by atoms with Crippen LogP contribution in [0, 0.1) is 6.92 Å². The number of halogens is 2. The first-order valence-electron chi connectivity index (χ1n) is 6.13. The highest BCUT2D eigenvalue weighted by atomic mass is 35.5. The minimum absolute atomic E-state index is 0.000657. The molecular weight excluding hydrogens is 333 g/mol. The number of sulfonamides is 1. The third-order valence-electron chi connectivity index (χ3n) is 3.33. The first-order chi connectivity index (χ1) is 9.75. The Balaban J connectivity index is 2.35. The SMILES string of the molecule is Cc1c(CN(C)S(=O)(=O)c2cccc(Cl)c2Cl)cnn1C. The van der Waals surface area contributed by atoms with Crippen LogP contribution in [0.25, 0.3) is 0 Å². The number of hydrogen-bond donors (Lipinski definition) is 0. The van der Waals surface area contributed by atoms with E-state index in [1.165, 1.54) is 17.4 Å². The Bertz CT molecular complexity index is 772. The van der Waals surface area contributed by atoms with Gasteiger partial charge in [-0.3, -0.25) is 4.68 Å². The fraction of sp³-hybridized carbons (Fsp3) is 0.308. The molecule has 1 heterocycles. The number of hydrogen-bond acceptors (Lipinski definition) is 3. The van der Waals surface area contributed by atoms with Crippen LogP contribution in [0.2, 0.25) is 10.0 Å². The molecule has 0 N–H and O–H groups in total. The number of nitrogens with zero attached hydrogens (tertiary/aromatic N) is 3. The van der Waals surface area contributed by atoms with E-state index < -0.39 is 10.0 Å². The van der Waals surface area contributed by atoms with Crippen molar-refractivity contribution in [2.24, 2.45) is 7.05 Å². The predicted octanol–water partition coefficient (Wildman–Crippen LogP) is 2.86. The smallest absolute Gasteiger partial charge is 0.244 e. The van der Waals surface area contributed by atoms with Crippen LogP contribution in [0.5, 0.6) is 0 Å². The molecule has 0 amide bonds. The van der Waals surface area contributed by atoms with Gasteiger partial charge in [-0.2, -0.15) is 9.40 Å². The first kappa shape index (κ1) is 16.3. The van der Waals surface area contributed by atoms with Crippen LogP contribution in [-0.4, -0.2) is 29.6 Å². The molecule has 0 saturated heterocycles. The maximum absolute atomic E-state index is 12.6. The van der Waals surface area contributed by atoms with E-state index in [4.69, 9.17) is 23.2 Å². The zero-order valence-corrected chi connectivity index (χ0v) is 14.2. The summed E-state index contributed by atoms with van der Waals surface area (Å²) in [5.74, 6) is 0. The minimum atomic E-state index is -3.72. The lowest BCUT2D eigenvalue weighted by Gasteiger charge is -2.18. The molecule has 0 radical (unpaired) electrons. The van der Waals surface area contributed by atoms with Crippen molar-refractivity contribution >= 4 is 33.2 Å². The monoisotopic (exact) mass is 347 g/mol. The molecular formula is C13H15Cl2N3O2S. The van der Waals surface area contributed by atoms with Crippen molar-refractivity contribution in [2.45, 2.75) is 18.4 Å². The van der Waals surface area contributed by atoms with Crippen molar-refractivity contribution in [3.63, 3.8) is 0 Å². The highest BCUT2D eigenvalue weighted by molar-refractivity contribution is 7.89. The maximum atomic E-state index is 12.6. The van der Waals surface area contributed by atoms with Gasteiger partial charge in [0.2, 0.25) is 10.0 Å². The molecule has 0 saturated carbocycles. The molecule has 1 aromatic heterocycles. The Morgan fingerprint density at radius 2 is 2.00 bits per heavy atom. The van der Waals surface area contributed by atoms with E-state index in [1.807, 2.05) is 6.92 Å². The van der Waals surface area contributed by atoms with Gasteiger partial charge in [0.1, 0.15) is 4.90 Å². The topological polar surface area (TPSA) is 55.2 Å². The third kappa shape index (κ3) is 3.08. The van der Waals surface area contributed by atoms with E-state index in [0.717, 1.165) is 11.3 Å². The zero-order chi connectivity index (χ0) is 15.8. The molecule has 0 aliphatic rings. The van der Waals surface area contributed by atoms with Crippen LogP contribution in [0.4, 0.5) is 0 Å². The van der Waals surface area contributed by atoms with Gasteiger partial charge in [0.25, 0.3) is 0 Å². The van der Waals surface area contributed by atoms with Gasteiger partial charge in [-0.15, -0.1) is 0 Å². The summed E-state index contributed by atoms with van der Waals surface area (Å²) in [6.07, 6.45) is 1.65. The van der Waals surface area contributed by atoms with Gasteiger partial charge in [-0.05, 0) is 19.1 Å². The number of aromatic nitrogens is 2. The summed E-state index contributed by atoms with van der Waals surface area (Å²) in [6, 6.07) is 4.55. The van der Waals surface area contributed by atoms with Gasteiger partial charge in [-0.1, -0.05) is 29.3 Å². The second-order valence-corrected chi connectivity index (χ2v) is 7.49. The number of rotatable bonds is 4. The average molecular weight is 348 g/mol. The fourth-order valence-corrected chi connectivity index (χ4v) is 3.76. The summed E-state index contributed by atoms with van der Waals surface area (Å²) in [6.45, 7) is 2.10. The molecule has 1 aromatic carbocycles. The second kappa shape index (κ2) is 5.96. The van der Waals surface area contributed by atoms with Crippen LogP contribution in [0.3, 0.4) is 0 Å². The Hall–Kier alpha value is -1.08. The van der Waals surface area contributed by atoms with Crippen LogP contribution in [0.15, 0.2) is 29.3 Å². The van der Waals surface area contributed by atoms with E-state index in [9.17, 15) is 8.42 Å². The Morgan fingerprint density at radius 1 is 1.33 bits per heavy atom. The number of benzene rings is 1. The summed E-state index contributed by atoms with van der Waals surface area (Å²) in [5.41, 5.74) is 1.75. The molecule has 0 spiro atoms. The minimum Gasteiger partial charge on any atom is -0.273 e. The van der Waals surface area contributed by atoms with Crippen molar-refractivity contribution in [1.29, 1.82) is 0 Å². The third-order valence-corrected chi connectivity index (χ3v) is 6.11. The quantitative estimate of drug-likeness (QED) is 0.854. The first-order valence-corrected chi connectivity index (χ1v) is 8.32. The maximum Gasteiger partial charge on any atom is 0.244 e. The van der Waals surface area contributed by atoms with Gasteiger partial charge in [0.15, 0.2) is 0 Å². The molecule has 5 nitrogen and oxygen atoms in total. The van der Waals surface area contributed by atoms with Gasteiger partial charge >= 0.3 is 0 Å². The van der Waals surface area contributed by atoms with Crippen LogP contribution in [0.1, 0.15) is 11.3 Å². The summed E-state index contributed by atoms with van der Waals surface area (Å²) >= 11 is 11.9. The Morgan fingerprint density at radius 3 is 2.57 bits per heavy atom. The van der Waals surface area contributed by atoms with Crippen molar-refractivity contribution < 1.29 is 8.42 Å². The van der Waals surface area contributed by atoms with E-state index in [0.29, 0.717) is 0 Å². The molecule has 8 heteroatoms. The summed E-state index contributed by atoms with van der Waals surface area (Å²) < 4.78 is 28.1. The van der Waals surface area contributed by atoms with Crippen molar-refractivity contribution in [3.05, 3.63) is 45.7 Å². The molecule has 21 heavy (non-hydrogen) atoms. The molecule has 0 bridgehead atoms. The van der Waals surface area contributed by atoms with Crippen molar-refractivity contribution in [1.82, 2.24) is 14.1 Å². The summed E-state index contributed by atoms with van der Waals surface area (Å²) in [5, 5.41) is 4.35. The fourth-order valence-electron chi connectivity index (χ4n) is 1.88. The highest BCUT2D eigenvalue weighted by Gasteiger charge is 2.25. The molecule has 114 valence electrons. The molecule has 0 aliphatic heterocycles. The predicted molar refractivity (Wildman–Crippen MR) is 83.1 cm³/mol. The molecule has 0 fully saturated rings. The summed E-state index contributed by atoms with van der Waals surface area (Å²) in [4.78, 5) is 0.000657. The van der Waals surface area contributed by atoms with Crippen LogP contribution in [-0.2, 0) is 23.6 Å². The van der Waals surface area contributed by atoms with E-state index in [1.54, 1.807) is 30.1 Å². The van der Waals surface area contributed by atoms with Crippen molar-refractivity contribution in [2.75, 3.05) is 7.05 Å². The zero-order valence-electron chi connectivity index (χ0n) is 11.8. The van der Waals surface area contributed by atoms with Crippen molar-refractivity contribution in [3.8, 4) is 0 Å². The standard InChI is InChI=1S/C13H15Cl2N3O2S/c1-9-10(7-16-18(9)3)8-17(2)21(19,20)12-6-4-5-11(14)13(12)15/h4-7H,8H2,1-3H3. The lowest BCUT2D eigenvalue weighted by Crippen LogP contribution is -2.27. The Kier molecular flexibility index (Phi) is 4.63. The largest absolute Gasteiger partial charge is 0.273 e. The highest BCUT2D eigenvalue weighted by Crippen LogP contribution is 2.31.